The molecule has 1 atom stereocenters. The van der Waals surface area contributed by atoms with Crippen molar-refractivity contribution in [2.24, 2.45) is 0 Å². The van der Waals surface area contributed by atoms with E-state index < -0.39 is 5.97 Å². The highest BCUT2D eigenvalue weighted by Gasteiger charge is 2.22. The van der Waals surface area contributed by atoms with Gasteiger partial charge in [-0.2, -0.15) is 0 Å². The second kappa shape index (κ2) is 7.49. The van der Waals surface area contributed by atoms with E-state index in [2.05, 4.69) is 10.1 Å². The molecule has 2 heterocycles. The highest BCUT2D eigenvalue weighted by Crippen LogP contribution is 2.21. The first-order valence-electron chi connectivity index (χ1n) is 8.68. The van der Waals surface area contributed by atoms with Crippen molar-refractivity contribution in [1.29, 1.82) is 0 Å². The van der Waals surface area contributed by atoms with Gasteiger partial charge in [0.1, 0.15) is 6.61 Å². The number of ether oxygens (including phenoxy) is 2. The van der Waals surface area contributed by atoms with Crippen molar-refractivity contribution in [3.63, 3.8) is 0 Å². The van der Waals surface area contributed by atoms with Crippen molar-refractivity contribution in [2.75, 3.05) is 13.2 Å². The van der Waals surface area contributed by atoms with E-state index in [4.69, 9.17) is 9.47 Å². The van der Waals surface area contributed by atoms with E-state index in [1.807, 2.05) is 60.7 Å². The summed E-state index contributed by atoms with van der Waals surface area (Å²) < 4.78 is 12.5. The average Bonchev–Trinajstić information content (AvgIpc) is 3.37. The Morgan fingerprint density at radius 3 is 2.54 bits per heavy atom. The minimum absolute atomic E-state index is 0.0243. The molecule has 1 fully saturated rings. The number of aromatic nitrogens is 3. The fourth-order valence-corrected chi connectivity index (χ4v) is 2.93. The molecule has 1 aliphatic heterocycles. The Kier molecular flexibility index (Phi) is 4.75. The molecule has 1 unspecified atom stereocenters. The number of benzene rings is 2. The normalized spacial score (nSPS) is 16.5. The first kappa shape index (κ1) is 16.5. The lowest BCUT2D eigenvalue weighted by molar-refractivity contribution is 0.0151. The summed E-state index contributed by atoms with van der Waals surface area (Å²) in [6.45, 7) is 0.959. The second-order valence-electron chi connectivity index (χ2n) is 6.11. The number of para-hydroxylation sites is 1. The summed E-state index contributed by atoms with van der Waals surface area (Å²) in [5, 5.41) is 4.39. The number of carbonyl (C=O) groups is 1. The molecule has 1 aromatic heterocycles. The van der Waals surface area contributed by atoms with Crippen LogP contribution in [-0.2, 0) is 9.47 Å². The van der Waals surface area contributed by atoms with Crippen LogP contribution < -0.4 is 0 Å². The number of carbonyl (C=O) groups excluding carboxylic acids is 1. The van der Waals surface area contributed by atoms with Crippen molar-refractivity contribution < 1.29 is 14.3 Å². The SMILES string of the molecule is O=C(OCC1CCCO1)c1nc(-c2ccccc2)n(-c2ccccc2)n1. The van der Waals surface area contributed by atoms with Gasteiger partial charge in [0.15, 0.2) is 5.82 Å². The molecule has 0 amide bonds. The molecule has 1 saturated heterocycles. The van der Waals surface area contributed by atoms with E-state index in [0.717, 1.165) is 30.7 Å². The van der Waals surface area contributed by atoms with Crippen LogP contribution in [0.4, 0.5) is 0 Å². The van der Waals surface area contributed by atoms with Crippen LogP contribution in [0.5, 0.6) is 0 Å². The number of hydrogen-bond donors (Lipinski definition) is 0. The fraction of sp³-hybridized carbons (Fsp3) is 0.250. The molecule has 0 spiro atoms. The molecular formula is C20H19N3O3. The third kappa shape index (κ3) is 3.50. The summed E-state index contributed by atoms with van der Waals surface area (Å²) in [6.07, 6.45) is 1.89. The predicted molar refractivity (Wildman–Crippen MR) is 96.1 cm³/mol. The Bertz CT molecular complexity index is 815. The van der Waals surface area contributed by atoms with Crippen molar-refractivity contribution in [3.05, 3.63) is 66.5 Å². The van der Waals surface area contributed by atoms with Gasteiger partial charge in [-0.25, -0.2) is 14.5 Å². The van der Waals surface area contributed by atoms with Gasteiger partial charge in [0, 0.05) is 12.2 Å². The minimum atomic E-state index is -0.535. The summed E-state index contributed by atoms with van der Waals surface area (Å²) in [5.41, 5.74) is 1.71. The molecule has 0 aliphatic carbocycles. The van der Waals surface area contributed by atoms with Crippen LogP contribution in [0.3, 0.4) is 0 Å². The number of nitrogens with zero attached hydrogens (tertiary/aromatic N) is 3. The van der Waals surface area contributed by atoms with Crippen LogP contribution in [0.2, 0.25) is 0 Å². The van der Waals surface area contributed by atoms with E-state index in [-0.39, 0.29) is 18.5 Å². The van der Waals surface area contributed by atoms with Crippen molar-refractivity contribution >= 4 is 5.97 Å². The zero-order valence-corrected chi connectivity index (χ0v) is 14.2. The van der Waals surface area contributed by atoms with Gasteiger partial charge >= 0.3 is 5.97 Å². The van der Waals surface area contributed by atoms with Crippen LogP contribution in [0, 0.1) is 0 Å². The molecule has 0 radical (unpaired) electrons. The molecule has 6 heteroatoms. The van der Waals surface area contributed by atoms with Crippen LogP contribution in [0.15, 0.2) is 60.7 Å². The topological polar surface area (TPSA) is 66.2 Å². The largest absolute Gasteiger partial charge is 0.457 e. The molecule has 6 nitrogen and oxygen atoms in total. The third-order valence-electron chi connectivity index (χ3n) is 4.25. The van der Waals surface area contributed by atoms with Crippen LogP contribution in [0.1, 0.15) is 23.5 Å². The maximum Gasteiger partial charge on any atom is 0.378 e. The minimum Gasteiger partial charge on any atom is -0.457 e. The number of rotatable bonds is 5. The zero-order chi connectivity index (χ0) is 17.8. The van der Waals surface area contributed by atoms with Gasteiger partial charge in [0.05, 0.1) is 11.8 Å². The molecule has 0 N–H and O–H groups in total. The molecule has 132 valence electrons. The van der Waals surface area contributed by atoms with Gasteiger partial charge in [-0.3, -0.25) is 0 Å². The Morgan fingerprint density at radius 1 is 1.12 bits per heavy atom. The summed E-state index contributed by atoms with van der Waals surface area (Å²) in [4.78, 5) is 16.9. The van der Waals surface area contributed by atoms with Gasteiger partial charge in [0.2, 0.25) is 0 Å². The lowest BCUT2D eigenvalue weighted by atomic mass is 10.2. The molecule has 1 aliphatic rings. The van der Waals surface area contributed by atoms with Gasteiger partial charge < -0.3 is 9.47 Å². The van der Waals surface area contributed by atoms with E-state index in [9.17, 15) is 4.79 Å². The molecule has 26 heavy (non-hydrogen) atoms. The van der Waals surface area contributed by atoms with Crippen molar-refractivity contribution in [3.8, 4) is 17.1 Å². The van der Waals surface area contributed by atoms with Crippen LogP contribution >= 0.6 is 0 Å². The van der Waals surface area contributed by atoms with Crippen molar-refractivity contribution in [2.45, 2.75) is 18.9 Å². The zero-order valence-electron chi connectivity index (χ0n) is 14.2. The highest BCUT2D eigenvalue weighted by molar-refractivity contribution is 5.86. The Hall–Kier alpha value is -2.99. The molecule has 0 saturated carbocycles. The number of hydrogen-bond acceptors (Lipinski definition) is 5. The van der Waals surface area contributed by atoms with Crippen molar-refractivity contribution in [1.82, 2.24) is 14.8 Å². The van der Waals surface area contributed by atoms with E-state index >= 15 is 0 Å². The smallest absolute Gasteiger partial charge is 0.378 e. The predicted octanol–water partition coefficient (Wildman–Crippen LogP) is 3.27. The summed E-state index contributed by atoms with van der Waals surface area (Å²) in [7, 11) is 0. The maximum atomic E-state index is 12.4. The monoisotopic (exact) mass is 349 g/mol. The third-order valence-corrected chi connectivity index (χ3v) is 4.25. The second-order valence-corrected chi connectivity index (χ2v) is 6.11. The molecule has 4 rings (SSSR count). The summed E-state index contributed by atoms with van der Waals surface area (Å²) >= 11 is 0. The van der Waals surface area contributed by atoms with Crippen LogP contribution in [0.25, 0.3) is 17.1 Å². The fourth-order valence-electron chi connectivity index (χ4n) is 2.93. The Balaban J connectivity index is 1.63. The van der Waals surface area contributed by atoms with Gasteiger partial charge in [-0.15, -0.1) is 5.10 Å². The average molecular weight is 349 g/mol. The van der Waals surface area contributed by atoms with E-state index in [1.165, 1.54) is 0 Å². The van der Waals surface area contributed by atoms with Gasteiger partial charge in [-0.05, 0) is 25.0 Å². The highest BCUT2D eigenvalue weighted by atomic mass is 16.6. The quantitative estimate of drug-likeness (QED) is 0.662. The van der Waals surface area contributed by atoms with E-state index in [1.54, 1.807) is 4.68 Å². The van der Waals surface area contributed by atoms with Crippen LogP contribution in [-0.4, -0.2) is 40.1 Å². The molecule has 3 aromatic rings. The number of esters is 1. The summed E-state index contributed by atoms with van der Waals surface area (Å²) in [6, 6.07) is 19.3. The van der Waals surface area contributed by atoms with Gasteiger partial charge in [0.25, 0.3) is 5.82 Å². The first-order valence-corrected chi connectivity index (χ1v) is 8.68. The standard InChI is InChI=1S/C20H19N3O3/c24-20(26-14-17-12-7-13-25-17)18-21-19(15-8-3-1-4-9-15)23(22-18)16-10-5-2-6-11-16/h1-6,8-11,17H,7,12-14H2. The first-order chi connectivity index (χ1) is 12.8. The Labute approximate surface area is 151 Å². The van der Waals surface area contributed by atoms with E-state index in [0.29, 0.717) is 5.82 Å². The lowest BCUT2D eigenvalue weighted by Gasteiger charge is -2.08. The van der Waals surface area contributed by atoms with Gasteiger partial charge in [-0.1, -0.05) is 48.5 Å². The molecular weight excluding hydrogens is 330 g/mol. The molecule has 0 bridgehead atoms. The Morgan fingerprint density at radius 2 is 1.85 bits per heavy atom. The molecule has 2 aromatic carbocycles. The maximum absolute atomic E-state index is 12.4. The summed E-state index contributed by atoms with van der Waals surface area (Å²) in [5.74, 6) is 0.110. The lowest BCUT2D eigenvalue weighted by Crippen LogP contribution is -2.18.